The maximum Gasteiger partial charge on any atom is 0.407 e. The van der Waals surface area contributed by atoms with Crippen molar-refractivity contribution in [2.24, 2.45) is 0 Å². The molecule has 0 aromatic heterocycles. The Morgan fingerprint density at radius 2 is 1.91 bits per heavy atom. The van der Waals surface area contributed by atoms with Gasteiger partial charge in [-0.1, -0.05) is 0 Å². The van der Waals surface area contributed by atoms with E-state index < -0.39 is 11.7 Å². The number of hydrogen-bond acceptors (Lipinski definition) is 4. The number of nitrogens with one attached hydrogen (secondary N) is 1. The molecule has 3 rings (SSSR count). The quantitative estimate of drug-likeness (QED) is 0.696. The van der Waals surface area contributed by atoms with Crippen molar-refractivity contribution in [2.75, 3.05) is 24.6 Å². The Morgan fingerprint density at radius 1 is 1.19 bits per heavy atom. The minimum atomic E-state index is -0.646. The van der Waals surface area contributed by atoms with E-state index in [2.05, 4.69) is 5.32 Å². The van der Waals surface area contributed by atoms with E-state index in [0.29, 0.717) is 36.3 Å². The molecule has 0 bridgehead atoms. The lowest BCUT2D eigenvalue weighted by atomic mass is 9.98. The molecule has 2 aromatic carbocycles. The number of nitrogens with zero attached hydrogens (tertiary/aromatic N) is 1. The van der Waals surface area contributed by atoms with Crippen LogP contribution in [0.25, 0.3) is 0 Å². The van der Waals surface area contributed by atoms with Crippen molar-refractivity contribution in [3.63, 3.8) is 0 Å². The standard InChI is InChI=1S/C24H26F2N2O4/c1-24(2,3)32-23(30)27-14-16(13-25)15-31-20-8-9-21-17(12-20)10-11-28(22(21)29)19-6-4-18(26)5-7-19/h4-9,12-13H,10-11,14-15H2,1-3H3,(H,27,30)/b16-13+. The number of rotatable bonds is 6. The van der Waals surface area contributed by atoms with E-state index in [0.717, 1.165) is 5.56 Å². The van der Waals surface area contributed by atoms with Crippen molar-refractivity contribution in [2.45, 2.75) is 32.8 Å². The first-order valence-corrected chi connectivity index (χ1v) is 10.2. The van der Waals surface area contributed by atoms with Gasteiger partial charge in [0.25, 0.3) is 5.91 Å². The van der Waals surface area contributed by atoms with Crippen molar-refractivity contribution in [3.05, 3.63) is 71.3 Å². The van der Waals surface area contributed by atoms with Crippen LogP contribution in [-0.4, -0.2) is 37.3 Å². The second kappa shape index (κ2) is 9.80. The van der Waals surface area contributed by atoms with E-state index in [9.17, 15) is 18.4 Å². The van der Waals surface area contributed by atoms with E-state index in [4.69, 9.17) is 9.47 Å². The third-order valence-corrected chi connectivity index (χ3v) is 4.73. The van der Waals surface area contributed by atoms with E-state index in [-0.39, 0.29) is 30.4 Å². The maximum atomic E-state index is 13.2. The number of fused-ring (bicyclic) bond motifs is 1. The van der Waals surface area contributed by atoms with E-state index in [1.165, 1.54) is 12.1 Å². The van der Waals surface area contributed by atoms with Crippen LogP contribution >= 0.6 is 0 Å². The molecule has 1 heterocycles. The number of amides is 2. The summed E-state index contributed by atoms with van der Waals surface area (Å²) in [7, 11) is 0. The summed E-state index contributed by atoms with van der Waals surface area (Å²) in [5, 5.41) is 2.48. The predicted molar refractivity (Wildman–Crippen MR) is 117 cm³/mol. The molecule has 0 saturated heterocycles. The largest absolute Gasteiger partial charge is 0.489 e. The van der Waals surface area contributed by atoms with Gasteiger partial charge in [-0.05, 0) is 75.2 Å². The zero-order valence-corrected chi connectivity index (χ0v) is 18.3. The third-order valence-electron chi connectivity index (χ3n) is 4.73. The number of alkyl carbamates (subject to hydrolysis) is 1. The highest BCUT2D eigenvalue weighted by molar-refractivity contribution is 6.08. The first-order chi connectivity index (χ1) is 15.2. The van der Waals surface area contributed by atoms with Gasteiger partial charge in [-0.3, -0.25) is 4.79 Å². The summed E-state index contributed by atoms with van der Waals surface area (Å²) < 4.78 is 37.1. The fourth-order valence-electron chi connectivity index (χ4n) is 3.22. The molecule has 0 radical (unpaired) electrons. The molecule has 0 saturated carbocycles. The summed E-state index contributed by atoms with van der Waals surface area (Å²) in [5.41, 5.74) is 1.58. The molecule has 1 aliphatic rings. The molecular formula is C24H26F2N2O4. The molecule has 6 nitrogen and oxygen atoms in total. The van der Waals surface area contributed by atoms with Crippen molar-refractivity contribution >= 4 is 17.7 Å². The van der Waals surface area contributed by atoms with Gasteiger partial charge in [0, 0.05) is 29.9 Å². The van der Waals surface area contributed by atoms with Gasteiger partial charge in [0.2, 0.25) is 0 Å². The molecule has 8 heteroatoms. The molecule has 170 valence electrons. The van der Waals surface area contributed by atoms with Crippen LogP contribution in [0.3, 0.4) is 0 Å². The Balaban J connectivity index is 1.59. The van der Waals surface area contributed by atoms with Gasteiger partial charge in [-0.2, -0.15) is 0 Å². The van der Waals surface area contributed by atoms with Crippen LogP contribution in [0.15, 0.2) is 54.4 Å². The van der Waals surface area contributed by atoms with E-state index in [1.807, 2.05) is 0 Å². The summed E-state index contributed by atoms with van der Waals surface area (Å²) >= 11 is 0. The Morgan fingerprint density at radius 3 is 2.56 bits per heavy atom. The summed E-state index contributed by atoms with van der Waals surface area (Å²) in [5.74, 6) is -0.0397. The van der Waals surface area contributed by atoms with Crippen molar-refractivity contribution in [1.82, 2.24) is 5.32 Å². The van der Waals surface area contributed by atoms with Gasteiger partial charge in [-0.15, -0.1) is 0 Å². The van der Waals surface area contributed by atoms with Crippen LogP contribution in [0.4, 0.5) is 19.3 Å². The Hall–Kier alpha value is -3.42. The number of ether oxygens (including phenoxy) is 2. The summed E-state index contributed by atoms with van der Waals surface area (Å²) in [6, 6.07) is 10.9. The lowest BCUT2D eigenvalue weighted by Crippen LogP contribution is -2.37. The van der Waals surface area contributed by atoms with Crippen LogP contribution < -0.4 is 15.0 Å². The number of carbonyl (C=O) groups is 2. The molecule has 1 N–H and O–H groups in total. The third kappa shape index (κ3) is 6.06. The second-order valence-electron chi connectivity index (χ2n) is 8.41. The number of benzene rings is 2. The minimum absolute atomic E-state index is 0.0541. The zero-order chi connectivity index (χ0) is 23.3. The lowest BCUT2D eigenvalue weighted by molar-refractivity contribution is 0.0531. The van der Waals surface area contributed by atoms with Crippen LogP contribution in [0.1, 0.15) is 36.7 Å². The average molecular weight is 444 g/mol. The van der Waals surface area contributed by atoms with Crippen LogP contribution in [0.5, 0.6) is 5.75 Å². The molecule has 0 aliphatic carbocycles. The molecular weight excluding hydrogens is 418 g/mol. The van der Waals surface area contributed by atoms with Gasteiger partial charge < -0.3 is 19.7 Å². The number of halogens is 2. The highest BCUT2D eigenvalue weighted by Gasteiger charge is 2.26. The average Bonchev–Trinajstić information content (AvgIpc) is 2.73. The fourth-order valence-corrected chi connectivity index (χ4v) is 3.22. The van der Waals surface area contributed by atoms with Gasteiger partial charge in [0.15, 0.2) is 0 Å². The van der Waals surface area contributed by atoms with Gasteiger partial charge >= 0.3 is 6.09 Å². The van der Waals surface area contributed by atoms with Gasteiger partial charge in [0.05, 0.1) is 6.33 Å². The zero-order valence-electron chi connectivity index (χ0n) is 18.3. The molecule has 2 aromatic rings. The number of hydrogen-bond donors (Lipinski definition) is 1. The highest BCUT2D eigenvalue weighted by atomic mass is 19.1. The molecule has 2 amide bonds. The Kier molecular flexibility index (Phi) is 7.12. The van der Waals surface area contributed by atoms with Crippen LogP contribution in [-0.2, 0) is 11.2 Å². The van der Waals surface area contributed by atoms with Gasteiger partial charge in [-0.25, -0.2) is 13.6 Å². The van der Waals surface area contributed by atoms with Gasteiger partial charge in [0.1, 0.15) is 23.8 Å². The van der Waals surface area contributed by atoms with E-state index in [1.54, 1.807) is 56.0 Å². The summed E-state index contributed by atoms with van der Waals surface area (Å²) in [6.45, 7) is 5.54. The smallest absolute Gasteiger partial charge is 0.407 e. The first-order valence-electron chi connectivity index (χ1n) is 10.2. The van der Waals surface area contributed by atoms with Crippen molar-refractivity contribution < 1.29 is 27.8 Å². The van der Waals surface area contributed by atoms with Crippen LogP contribution in [0, 0.1) is 5.82 Å². The SMILES string of the molecule is CC(C)(C)OC(=O)NC/C(=C\F)COc1ccc2c(c1)CCN(c1ccc(F)cc1)C2=O. The van der Waals surface area contributed by atoms with Crippen molar-refractivity contribution in [1.29, 1.82) is 0 Å². The van der Waals surface area contributed by atoms with Crippen molar-refractivity contribution in [3.8, 4) is 5.75 Å². The number of carbonyl (C=O) groups excluding carboxylic acids is 2. The first kappa shape index (κ1) is 23.2. The Bertz CT molecular complexity index is 1010. The molecule has 0 spiro atoms. The fraction of sp³-hybridized carbons (Fsp3) is 0.333. The minimum Gasteiger partial charge on any atom is -0.489 e. The van der Waals surface area contributed by atoms with E-state index >= 15 is 0 Å². The molecule has 1 aliphatic heterocycles. The molecule has 32 heavy (non-hydrogen) atoms. The number of anilines is 1. The summed E-state index contributed by atoms with van der Waals surface area (Å²) in [4.78, 5) is 26.2. The summed E-state index contributed by atoms with van der Waals surface area (Å²) in [6.07, 6.45) is 0.344. The molecule has 0 atom stereocenters. The Labute approximate surface area is 185 Å². The normalized spacial score (nSPS) is 14.1. The second-order valence-corrected chi connectivity index (χ2v) is 8.41. The monoisotopic (exact) mass is 444 g/mol. The maximum absolute atomic E-state index is 13.2. The predicted octanol–water partition coefficient (Wildman–Crippen LogP) is 4.79. The molecule has 0 fully saturated rings. The highest BCUT2D eigenvalue weighted by Crippen LogP contribution is 2.27. The van der Waals surface area contributed by atoms with Crippen LogP contribution in [0.2, 0.25) is 0 Å². The lowest BCUT2D eigenvalue weighted by Gasteiger charge is -2.29. The topological polar surface area (TPSA) is 67.9 Å². The molecule has 0 unspecified atom stereocenters.